The van der Waals surface area contributed by atoms with Crippen LogP contribution in [-0.4, -0.2) is 51.0 Å². The molecule has 0 saturated carbocycles. The van der Waals surface area contributed by atoms with Crippen molar-refractivity contribution in [2.75, 3.05) is 31.9 Å². The van der Waals surface area contributed by atoms with Gasteiger partial charge in [-0.15, -0.1) is 0 Å². The van der Waals surface area contributed by atoms with Crippen molar-refractivity contribution >= 4 is 10.1 Å². The summed E-state index contributed by atoms with van der Waals surface area (Å²) in [6.45, 7) is 18.8. The minimum Gasteiger partial charge on any atom is -0.311 e. The van der Waals surface area contributed by atoms with Gasteiger partial charge in [0.25, 0.3) is 10.1 Å². The van der Waals surface area contributed by atoms with Crippen LogP contribution in [0.15, 0.2) is 50.6 Å². The zero-order valence-corrected chi connectivity index (χ0v) is 20.7. The number of rotatable bonds is 20. The summed E-state index contributed by atoms with van der Waals surface area (Å²) in [4.78, 5) is 0. The lowest BCUT2D eigenvalue weighted by Crippen LogP contribution is -2.48. The minimum atomic E-state index is -4.05. The summed E-state index contributed by atoms with van der Waals surface area (Å²) in [7, 11) is -4.00. The fourth-order valence-corrected chi connectivity index (χ4v) is 4.04. The van der Waals surface area contributed by atoms with Crippen LogP contribution in [0.25, 0.3) is 0 Å². The van der Waals surface area contributed by atoms with Gasteiger partial charge in [0, 0.05) is 6.42 Å². The lowest BCUT2D eigenvalue weighted by molar-refractivity contribution is -0.906. The largest absolute Gasteiger partial charge is 0.389 e. The molecule has 0 spiro atoms. The number of hydrogen-bond donors (Lipinski definition) is 0. The Kier molecular flexibility index (Phi) is 20.4. The third-order valence-electron chi connectivity index (χ3n) is 5.02. The zero-order chi connectivity index (χ0) is 25.6. The third-order valence-corrected chi connectivity index (χ3v) is 6.00. The highest BCUT2D eigenvalue weighted by Crippen LogP contribution is 2.23. The number of quaternary nitrogens is 1. The van der Waals surface area contributed by atoms with Crippen molar-refractivity contribution in [1.82, 2.24) is 0 Å². The summed E-state index contributed by atoms with van der Waals surface area (Å²) in [5, 5.41) is 0. The standard InChI is InChI=1S/C12H22F4O3S.C12H20N/c13-12(14,15)10-8-6-4-2-1-3-5-7-9-11-20(17,18)19-16;1-5-9-13(10-6-2,11-7-3)12-8-4/h1-11H2;5-8H,1-4,9-12H2/q;+1. The van der Waals surface area contributed by atoms with E-state index in [4.69, 9.17) is 0 Å². The van der Waals surface area contributed by atoms with Crippen LogP contribution < -0.4 is 0 Å². The molecule has 0 aromatic carbocycles. The Bertz CT molecular complexity index is 589. The van der Waals surface area contributed by atoms with Gasteiger partial charge in [-0.2, -0.15) is 21.6 Å². The van der Waals surface area contributed by atoms with Crippen molar-refractivity contribution in [3.05, 3.63) is 50.6 Å². The number of nitrogens with zero attached hydrogens (tertiary/aromatic N) is 1. The summed E-state index contributed by atoms with van der Waals surface area (Å²) in [5.74, 6) is -0.319. The molecule has 194 valence electrons. The van der Waals surface area contributed by atoms with Crippen molar-refractivity contribution in [3.63, 3.8) is 0 Å². The van der Waals surface area contributed by atoms with Gasteiger partial charge in [0.15, 0.2) is 0 Å². The summed E-state index contributed by atoms with van der Waals surface area (Å²) in [5.41, 5.74) is 0. The van der Waals surface area contributed by atoms with E-state index in [0.29, 0.717) is 19.3 Å². The van der Waals surface area contributed by atoms with E-state index in [1.165, 1.54) is 0 Å². The van der Waals surface area contributed by atoms with Gasteiger partial charge in [-0.3, -0.25) is 0 Å². The number of halogens is 4. The SMILES string of the molecule is C=CC[N+](CC=C)(CC=C)CC=C.O=S(=O)(CCCCCCCCCCCC(F)(F)F)OF. The fraction of sp³-hybridized carbons (Fsp3) is 0.667. The molecule has 33 heavy (non-hydrogen) atoms. The molecule has 0 aliphatic heterocycles. The molecule has 0 heterocycles. The molecule has 4 nitrogen and oxygen atoms in total. The minimum absolute atomic E-state index is 0.185. The smallest absolute Gasteiger partial charge is 0.311 e. The molecule has 0 fully saturated rings. The molecule has 0 amide bonds. The lowest BCUT2D eigenvalue weighted by atomic mass is 10.1. The summed E-state index contributed by atoms with van der Waals surface area (Å²) < 4.78 is 72.0. The molecule has 0 aromatic heterocycles. The Hall–Kier alpha value is -1.45. The quantitative estimate of drug-likeness (QED) is 0.0767. The summed E-state index contributed by atoms with van der Waals surface area (Å²) in [6, 6.07) is 0. The van der Waals surface area contributed by atoms with E-state index in [-0.39, 0.29) is 12.2 Å². The van der Waals surface area contributed by atoms with E-state index < -0.39 is 22.7 Å². The number of unbranched alkanes of at least 4 members (excludes halogenated alkanes) is 8. The lowest BCUT2D eigenvalue weighted by Gasteiger charge is -2.35. The van der Waals surface area contributed by atoms with Gasteiger partial charge in [0.1, 0.15) is 0 Å². The monoisotopic (exact) mass is 500 g/mol. The maximum atomic E-state index is 11.8. The normalized spacial score (nSPS) is 11.9. The van der Waals surface area contributed by atoms with Crippen LogP contribution in [0.2, 0.25) is 0 Å². The molecule has 0 aliphatic carbocycles. The second kappa shape index (κ2) is 20.0. The molecule has 0 atom stereocenters. The average Bonchev–Trinajstić information content (AvgIpc) is 2.72. The molecule has 0 N–H and O–H groups in total. The van der Waals surface area contributed by atoms with Gasteiger partial charge < -0.3 is 4.48 Å². The molecular weight excluding hydrogens is 458 g/mol. The fourth-order valence-electron chi connectivity index (χ4n) is 3.42. The van der Waals surface area contributed by atoms with Crippen LogP contribution >= 0.6 is 0 Å². The van der Waals surface area contributed by atoms with Crippen LogP contribution in [0.1, 0.15) is 64.2 Å². The topological polar surface area (TPSA) is 43.4 Å². The highest BCUT2D eigenvalue weighted by atomic mass is 32.2. The van der Waals surface area contributed by atoms with Crippen LogP contribution in [0.4, 0.5) is 17.7 Å². The maximum absolute atomic E-state index is 11.8. The highest BCUT2D eigenvalue weighted by Gasteiger charge is 2.25. The van der Waals surface area contributed by atoms with Gasteiger partial charge >= 0.3 is 6.18 Å². The number of hydrogen-bond acceptors (Lipinski definition) is 3. The van der Waals surface area contributed by atoms with Crippen LogP contribution in [0.3, 0.4) is 0 Å². The van der Waals surface area contributed by atoms with E-state index >= 15 is 0 Å². The van der Waals surface area contributed by atoms with Gasteiger partial charge in [-0.1, -0.05) is 75.6 Å². The Morgan fingerprint density at radius 1 is 0.667 bits per heavy atom. The Balaban J connectivity index is 0. The van der Waals surface area contributed by atoms with Gasteiger partial charge in [0.05, 0.1) is 31.9 Å². The van der Waals surface area contributed by atoms with E-state index in [1.54, 1.807) is 0 Å². The molecule has 0 rings (SSSR count). The first-order chi connectivity index (χ1) is 15.5. The molecule has 0 aliphatic rings. The molecule has 0 saturated heterocycles. The highest BCUT2D eigenvalue weighted by molar-refractivity contribution is 7.86. The van der Waals surface area contributed by atoms with Crippen molar-refractivity contribution in [2.45, 2.75) is 70.4 Å². The van der Waals surface area contributed by atoms with Gasteiger partial charge in [-0.25, -0.2) is 0 Å². The van der Waals surface area contributed by atoms with E-state index in [1.807, 2.05) is 24.3 Å². The Labute approximate surface area is 198 Å². The second-order valence-corrected chi connectivity index (χ2v) is 9.75. The zero-order valence-electron chi connectivity index (χ0n) is 19.8. The average molecular weight is 501 g/mol. The second-order valence-electron chi connectivity index (χ2n) is 8.10. The number of alkyl halides is 3. The summed E-state index contributed by atoms with van der Waals surface area (Å²) >= 11 is 0. The van der Waals surface area contributed by atoms with E-state index in [0.717, 1.165) is 62.8 Å². The van der Waals surface area contributed by atoms with Crippen molar-refractivity contribution in [1.29, 1.82) is 0 Å². The van der Waals surface area contributed by atoms with Crippen LogP contribution in [-0.2, 0) is 14.5 Å². The molecular formula is C24H42F4NO3S+. The van der Waals surface area contributed by atoms with Gasteiger partial charge in [0.2, 0.25) is 0 Å². The van der Waals surface area contributed by atoms with Crippen molar-refractivity contribution in [2.24, 2.45) is 0 Å². The Morgan fingerprint density at radius 3 is 1.30 bits per heavy atom. The predicted molar refractivity (Wildman–Crippen MR) is 129 cm³/mol. The maximum Gasteiger partial charge on any atom is 0.389 e. The molecule has 0 unspecified atom stereocenters. The van der Waals surface area contributed by atoms with Crippen LogP contribution in [0.5, 0.6) is 0 Å². The predicted octanol–water partition coefficient (Wildman–Crippen LogP) is 7.23. The molecule has 0 radical (unpaired) electrons. The van der Waals surface area contributed by atoms with E-state index in [9.17, 15) is 26.1 Å². The molecule has 0 aromatic rings. The van der Waals surface area contributed by atoms with Crippen LogP contribution in [0, 0.1) is 0 Å². The van der Waals surface area contributed by atoms with Gasteiger partial charge in [-0.05, 0) is 41.7 Å². The van der Waals surface area contributed by atoms with Crippen molar-refractivity contribution in [3.8, 4) is 0 Å². The first-order valence-corrected chi connectivity index (χ1v) is 13.0. The summed E-state index contributed by atoms with van der Waals surface area (Å²) in [6.07, 6.45) is 9.18. The molecule has 9 heteroatoms. The first-order valence-electron chi connectivity index (χ1n) is 11.4. The van der Waals surface area contributed by atoms with E-state index in [2.05, 4.69) is 30.7 Å². The molecule has 0 bridgehead atoms. The van der Waals surface area contributed by atoms with Crippen molar-refractivity contribution < 1.29 is 35.0 Å². The first kappa shape index (κ1) is 33.7. The third kappa shape index (κ3) is 22.1. The Morgan fingerprint density at radius 2 is 1.00 bits per heavy atom.